The first kappa shape index (κ1) is 26.5. The van der Waals surface area contributed by atoms with Gasteiger partial charge in [0.1, 0.15) is 11.6 Å². The van der Waals surface area contributed by atoms with Crippen LogP contribution in [0.5, 0.6) is 0 Å². The smallest absolute Gasteiger partial charge is 0.246 e. The molecule has 39 heavy (non-hydrogen) atoms. The van der Waals surface area contributed by atoms with Crippen LogP contribution in [0.3, 0.4) is 0 Å². The fourth-order valence-electron chi connectivity index (χ4n) is 8.11. The Morgan fingerprint density at radius 2 is 1.49 bits per heavy atom. The van der Waals surface area contributed by atoms with E-state index in [4.69, 9.17) is 4.74 Å². The summed E-state index contributed by atoms with van der Waals surface area (Å²) in [4.78, 5) is 44.2. The van der Waals surface area contributed by atoms with Crippen molar-refractivity contribution in [2.45, 2.75) is 121 Å². The second-order valence-electron chi connectivity index (χ2n) is 12.7. The number of rotatable bonds is 5. The third kappa shape index (κ3) is 4.81. The Morgan fingerprint density at radius 3 is 2.18 bits per heavy atom. The number of nitrogens with one attached hydrogen (secondary N) is 2. The Morgan fingerprint density at radius 1 is 0.872 bits per heavy atom. The number of hydrogen-bond donors (Lipinski definition) is 2. The summed E-state index contributed by atoms with van der Waals surface area (Å²) in [6.07, 6.45) is 16.2. The normalized spacial score (nSPS) is 33.1. The van der Waals surface area contributed by atoms with E-state index in [1.54, 1.807) is 0 Å². The number of nitrogens with zero attached hydrogens (tertiary/aromatic N) is 1. The molecule has 1 aromatic carbocycles. The SMILES string of the molecule is Cc1cc(C)cc(NC(=O)[C@H]2[C@@H]3C=C[C@]4(O3)[C@@H]2C(=O)N(C2CCCCCCC2)[C@@H]4C(=O)NC2CCCCC2)c1. The molecular formula is C32H43N3O4. The molecule has 6 rings (SSSR count). The third-order valence-electron chi connectivity index (χ3n) is 9.77. The number of benzene rings is 1. The van der Waals surface area contributed by atoms with E-state index in [0.717, 1.165) is 81.0 Å². The molecule has 3 heterocycles. The molecule has 2 saturated heterocycles. The molecule has 4 fully saturated rings. The maximum absolute atomic E-state index is 14.4. The molecule has 0 radical (unpaired) electrons. The van der Waals surface area contributed by atoms with Crippen LogP contribution in [0, 0.1) is 25.7 Å². The van der Waals surface area contributed by atoms with Crippen molar-refractivity contribution in [3.8, 4) is 0 Å². The lowest BCUT2D eigenvalue weighted by atomic mass is 9.74. The average Bonchev–Trinajstić information content (AvgIpc) is 3.51. The molecule has 210 valence electrons. The minimum Gasteiger partial charge on any atom is -0.359 e. The van der Waals surface area contributed by atoms with Crippen LogP contribution in [-0.4, -0.2) is 52.5 Å². The van der Waals surface area contributed by atoms with Crippen molar-refractivity contribution in [1.82, 2.24) is 10.2 Å². The van der Waals surface area contributed by atoms with E-state index in [0.29, 0.717) is 0 Å². The molecule has 5 atom stereocenters. The predicted octanol–water partition coefficient (Wildman–Crippen LogP) is 4.95. The summed E-state index contributed by atoms with van der Waals surface area (Å²) in [5, 5.41) is 6.40. The summed E-state index contributed by atoms with van der Waals surface area (Å²) in [5.41, 5.74) is 1.77. The highest BCUT2D eigenvalue weighted by atomic mass is 16.5. The number of carbonyl (C=O) groups is 3. The molecule has 3 aliphatic heterocycles. The van der Waals surface area contributed by atoms with Crippen molar-refractivity contribution < 1.29 is 19.1 Å². The standard InChI is InChI=1S/C32H43N3O4/c1-20-17-21(2)19-23(18-20)34-29(36)26-25-15-16-32(39-25)27(26)31(38)35(24-13-9-4-3-5-10-14-24)28(32)30(37)33-22-11-7-6-8-12-22/h15-19,22,24-28H,3-14H2,1-2H3,(H,33,37)(H,34,36)/t25-,26-,27-,28+,32-/m0/s1. The first-order valence-corrected chi connectivity index (χ1v) is 15.3. The number of likely N-dealkylation sites (tertiary alicyclic amines) is 1. The molecule has 7 heteroatoms. The minimum absolute atomic E-state index is 0.000866. The molecule has 5 aliphatic rings. The van der Waals surface area contributed by atoms with Gasteiger partial charge in [0.25, 0.3) is 0 Å². The van der Waals surface area contributed by atoms with Gasteiger partial charge >= 0.3 is 0 Å². The molecule has 3 amide bonds. The summed E-state index contributed by atoms with van der Waals surface area (Å²) in [5.74, 6) is -1.75. The molecular weight excluding hydrogens is 490 g/mol. The lowest BCUT2D eigenvalue weighted by Crippen LogP contribution is -2.58. The molecule has 0 unspecified atom stereocenters. The number of amides is 3. The van der Waals surface area contributed by atoms with E-state index in [9.17, 15) is 14.4 Å². The highest BCUT2D eigenvalue weighted by molar-refractivity contribution is 6.03. The van der Waals surface area contributed by atoms with Crippen LogP contribution in [-0.2, 0) is 19.1 Å². The summed E-state index contributed by atoms with van der Waals surface area (Å²) < 4.78 is 6.58. The van der Waals surface area contributed by atoms with E-state index in [1.807, 2.05) is 43.0 Å². The number of carbonyl (C=O) groups excluding carboxylic acids is 3. The fourth-order valence-corrected chi connectivity index (χ4v) is 8.11. The highest BCUT2D eigenvalue weighted by Crippen LogP contribution is 2.56. The molecule has 1 spiro atoms. The molecule has 2 bridgehead atoms. The van der Waals surface area contributed by atoms with E-state index >= 15 is 0 Å². The van der Waals surface area contributed by atoms with Crippen LogP contribution in [0.1, 0.15) is 88.2 Å². The summed E-state index contributed by atoms with van der Waals surface area (Å²) >= 11 is 0. The Balaban J connectivity index is 1.32. The quantitative estimate of drug-likeness (QED) is 0.524. The summed E-state index contributed by atoms with van der Waals surface area (Å²) in [6.45, 7) is 4.01. The number of aryl methyl sites for hydroxylation is 2. The maximum atomic E-state index is 14.4. The van der Waals surface area contributed by atoms with Gasteiger partial charge in [0.2, 0.25) is 17.7 Å². The lowest BCUT2D eigenvalue weighted by molar-refractivity contribution is -0.144. The van der Waals surface area contributed by atoms with E-state index < -0.39 is 29.6 Å². The van der Waals surface area contributed by atoms with Crippen LogP contribution in [0.15, 0.2) is 30.4 Å². The van der Waals surface area contributed by atoms with Gasteiger partial charge in [-0.25, -0.2) is 0 Å². The van der Waals surface area contributed by atoms with Crippen molar-refractivity contribution in [2.24, 2.45) is 11.8 Å². The van der Waals surface area contributed by atoms with Gasteiger partial charge in [-0.05, 0) is 62.8 Å². The van der Waals surface area contributed by atoms with Crippen molar-refractivity contribution in [3.63, 3.8) is 0 Å². The van der Waals surface area contributed by atoms with Crippen LogP contribution in [0.25, 0.3) is 0 Å². The van der Waals surface area contributed by atoms with Crippen molar-refractivity contribution in [2.75, 3.05) is 5.32 Å². The van der Waals surface area contributed by atoms with Gasteiger partial charge < -0.3 is 20.3 Å². The number of ether oxygens (including phenoxy) is 1. The third-order valence-corrected chi connectivity index (χ3v) is 9.77. The van der Waals surface area contributed by atoms with Gasteiger partial charge in [0, 0.05) is 17.8 Å². The summed E-state index contributed by atoms with van der Waals surface area (Å²) in [7, 11) is 0. The molecule has 0 aromatic heterocycles. The van der Waals surface area contributed by atoms with Crippen LogP contribution in [0.4, 0.5) is 5.69 Å². The topological polar surface area (TPSA) is 87.7 Å². The maximum Gasteiger partial charge on any atom is 0.246 e. The Kier molecular flexibility index (Phi) is 7.30. The Hall–Kier alpha value is -2.67. The second kappa shape index (κ2) is 10.7. The Labute approximate surface area is 232 Å². The first-order chi connectivity index (χ1) is 18.9. The van der Waals surface area contributed by atoms with Gasteiger partial charge in [0.05, 0.1) is 17.9 Å². The fraction of sp³-hybridized carbons (Fsp3) is 0.656. The second-order valence-corrected chi connectivity index (χ2v) is 12.7. The molecule has 2 saturated carbocycles. The largest absolute Gasteiger partial charge is 0.359 e. The van der Waals surface area contributed by atoms with Gasteiger partial charge in [-0.2, -0.15) is 0 Å². The van der Waals surface area contributed by atoms with Crippen LogP contribution in [0.2, 0.25) is 0 Å². The predicted molar refractivity (Wildman–Crippen MR) is 150 cm³/mol. The van der Waals surface area contributed by atoms with Crippen molar-refractivity contribution >= 4 is 23.4 Å². The number of anilines is 1. The monoisotopic (exact) mass is 533 g/mol. The van der Waals surface area contributed by atoms with Crippen LogP contribution < -0.4 is 10.6 Å². The minimum atomic E-state index is -1.09. The summed E-state index contributed by atoms with van der Waals surface area (Å²) in [6, 6.07) is 5.37. The number of fused-ring (bicyclic) bond motifs is 1. The zero-order valence-corrected chi connectivity index (χ0v) is 23.4. The van der Waals surface area contributed by atoms with Gasteiger partial charge in [-0.3, -0.25) is 14.4 Å². The molecule has 2 N–H and O–H groups in total. The van der Waals surface area contributed by atoms with E-state index in [2.05, 4.69) is 16.7 Å². The molecule has 1 aromatic rings. The van der Waals surface area contributed by atoms with Gasteiger partial charge in [0.15, 0.2) is 0 Å². The van der Waals surface area contributed by atoms with Crippen molar-refractivity contribution in [3.05, 3.63) is 41.5 Å². The van der Waals surface area contributed by atoms with Gasteiger partial charge in [-0.1, -0.05) is 69.6 Å². The van der Waals surface area contributed by atoms with Gasteiger partial charge in [-0.15, -0.1) is 0 Å². The zero-order valence-electron chi connectivity index (χ0n) is 23.4. The Bertz CT molecular complexity index is 1130. The molecule has 2 aliphatic carbocycles. The number of hydrogen-bond acceptors (Lipinski definition) is 4. The first-order valence-electron chi connectivity index (χ1n) is 15.3. The highest BCUT2D eigenvalue weighted by Gasteiger charge is 2.73. The molecule has 7 nitrogen and oxygen atoms in total. The van der Waals surface area contributed by atoms with Crippen LogP contribution >= 0.6 is 0 Å². The lowest BCUT2D eigenvalue weighted by Gasteiger charge is -2.38. The zero-order chi connectivity index (χ0) is 27.1. The van der Waals surface area contributed by atoms with E-state index in [1.165, 1.54) is 12.8 Å². The van der Waals surface area contributed by atoms with E-state index in [-0.39, 0.29) is 29.8 Å². The van der Waals surface area contributed by atoms with Crippen molar-refractivity contribution in [1.29, 1.82) is 0 Å². The average molecular weight is 534 g/mol.